The van der Waals surface area contributed by atoms with Gasteiger partial charge in [0.2, 0.25) is 11.8 Å². The molecule has 8 nitrogen and oxygen atoms in total. The Morgan fingerprint density at radius 2 is 1.62 bits per heavy atom. The molecule has 0 atom stereocenters. The summed E-state index contributed by atoms with van der Waals surface area (Å²) in [6.07, 6.45) is -0.131. The van der Waals surface area contributed by atoms with E-state index < -0.39 is 23.9 Å². The van der Waals surface area contributed by atoms with Crippen LogP contribution in [0.5, 0.6) is 0 Å². The Bertz CT molecular complexity index is 740. The van der Waals surface area contributed by atoms with Gasteiger partial charge in [-0.05, 0) is 29.7 Å². The van der Waals surface area contributed by atoms with Crippen molar-refractivity contribution in [2.24, 2.45) is 11.5 Å². The number of rotatable bonds is 0. The largest absolute Gasteiger partial charge is 0.351 e. The van der Waals surface area contributed by atoms with Crippen molar-refractivity contribution in [1.29, 1.82) is 0 Å². The molecule has 0 aliphatic carbocycles. The Morgan fingerprint density at radius 3 is 2.19 bits per heavy atom. The lowest BCUT2D eigenvalue weighted by Gasteiger charge is -2.31. The molecule has 108 valence electrons. The highest BCUT2D eigenvalue weighted by Gasteiger charge is 2.40. The third kappa shape index (κ3) is 1.62. The van der Waals surface area contributed by atoms with Crippen molar-refractivity contribution in [2.75, 3.05) is 9.80 Å². The first-order valence-corrected chi connectivity index (χ1v) is 6.23. The zero-order valence-electron chi connectivity index (χ0n) is 11.2. The van der Waals surface area contributed by atoms with E-state index in [0.717, 1.165) is 15.4 Å². The molecule has 1 aromatic carbocycles. The fraction of sp³-hybridized carbons (Fsp3) is 0.231. The zero-order valence-corrected chi connectivity index (χ0v) is 11.2. The van der Waals surface area contributed by atoms with E-state index in [-0.39, 0.29) is 24.2 Å². The maximum atomic E-state index is 12.2. The van der Waals surface area contributed by atoms with Crippen molar-refractivity contribution in [2.45, 2.75) is 19.8 Å². The molecule has 0 aromatic heterocycles. The first-order valence-electron chi connectivity index (χ1n) is 6.23. The van der Waals surface area contributed by atoms with E-state index >= 15 is 0 Å². The molecule has 4 N–H and O–H groups in total. The van der Waals surface area contributed by atoms with E-state index in [1.165, 1.54) is 6.07 Å². The number of primary amides is 2. The normalized spacial score (nSPS) is 16.2. The first kappa shape index (κ1) is 13.1. The second-order valence-corrected chi connectivity index (χ2v) is 5.00. The van der Waals surface area contributed by atoms with Gasteiger partial charge in [0.05, 0.1) is 24.2 Å². The molecule has 8 heteroatoms. The maximum Gasteiger partial charge on any atom is 0.326 e. The van der Waals surface area contributed by atoms with Gasteiger partial charge in [0, 0.05) is 0 Å². The minimum Gasteiger partial charge on any atom is -0.351 e. The fourth-order valence-corrected chi connectivity index (χ4v) is 2.89. The van der Waals surface area contributed by atoms with E-state index in [9.17, 15) is 19.2 Å². The second kappa shape index (κ2) is 4.05. The van der Waals surface area contributed by atoms with Crippen molar-refractivity contribution < 1.29 is 19.2 Å². The van der Waals surface area contributed by atoms with Crippen LogP contribution in [0.3, 0.4) is 0 Å². The number of hydrogen-bond donors (Lipinski definition) is 2. The Labute approximate surface area is 119 Å². The monoisotopic (exact) mass is 288 g/mol. The molecule has 0 saturated carbocycles. The molecule has 3 aliphatic rings. The molecule has 0 fully saturated rings. The van der Waals surface area contributed by atoms with Gasteiger partial charge < -0.3 is 11.5 Å². The first-order chi connectivity index (χ1) is 9.82. The van der Waals surface area contributed by atoms with E-state index in [2.05, 4.69) is 0 Å². The SMILES string of the molecule is Cc1c2cc3c(c1CC(=O)N3C(N)=O)N(C(N)=O)C(=O)C2. The van der Waals surface area contributed by atoms with Crippen LogP contribution in [0.1, 0.15) is 16.7 Å². The summed E-state index contributed by atoms with van der Waals surface area (Å²) in [7, 11) is 0. The summed E-state index contributed by atoms with van der Waals surface area (Å²) in [4.78, 5) is 48.9. The Balaban J connectivity index is 2.37. The molecule has 3 heterocycles. The lowest BCUT2D eigenvalue weighted by atomic mass is 9.92. The van der Waals surface area contributed by atoms with Crippen molar-refractivity contribution in [1.82, 2.24) is 0 Å². The van der Waals surface area contributed by atoms with Crippen LogP contribution in [0, 0.1) is 6.92 Å². The van der Waals surface area contributed by atoms with Gasteiger partial charge in [-0.1, -0.05) is 0 Å². The highest BCUT2D eigenvalue weighted by molar-refractivity contribution is 6.25. The van der Waals surface area contributed by atoms with Crippen LogP contribution < -0.4 is 21.3 Å². The summed E-state index contributed by atoms with van der Waals surface area (Å²) < 4.78 is 0. The molecule has 1 aromatic rings. The average Bonchev–Trinajstić information content (AvgIpc) is 2.56. The Kier molecular flexibility index (Phi) is 2.52. The van der Waals surface area contributed by atoms with Gasteiger partial charge in [-0.2, -0.15) is 0 Å². The molecular weight excluding hydrogens is 276 g/mol. The number of carbonyl (C=O) groups excluding carboxylic acids is 4. The number of anilines is 2. The van der Waals surface area contributed by atoms with Crippen LogP contribution in [0.4, 0.5) is 21.0 Å². The standard InChI is InChI=1S/C13H12N4O4/c1-5-6-2-8-11(17(13(15)21)9(18)3-6)7(5)4-10(19)16(8)12(14)20/h2H,3-4H2,1H3,(H2,14,20)(H2,15,21). The van der Waals surface area contributed by atoms with Gasteiger partial charge in [-0.15, -0.1) is 0 Å². The summed E-state index contributed by atoms with van der Waals surface area (Å²) in [5.74, 6) is -0.989. The molecular formula is C13H12N4O4. The van der Waals surface area contributed by atoms with E-state index in [4.69, 9.17) is 11.5 Å². The molecule has 4 rings (SSSR count). The summed E-state index contributed by atoms with van der Waals surface area (Å²) >= 11 is 0. The summed E-state index contributed by atoms with van der Waals surface area (Å²) in [5.41, 5.74) is 12.8. The smallest absolute Gasteiger partial charge is 0.326 e. The highest BCUT2D eigenvalue weighted by Crippen LogP contribution is 2.44. The highest BCUT2D eigenvalue weighted by atomic mass is 16.2. The van der Waals surface area contributed by atoms with Crippen LogP contribution in [0.25, 0.3) is 0 Å². The van der Waals surface area contributed by atoms with Crippen molar-refractivity contribution >= 4 is 35.3 Å². The molecule has 0 unspecified atom stereocenters. The summed E-state index contributed by atoms with van der Waals surface area (Å²) in [6.45, 7) is 1.77. The van der Waals surface area contributed by atoms with Gasteiger partial charge in [-0.25, -0.2) is 19.4 Å². The van der Waals surface area contributed by atoms with Crippen molar-refractivity contribution in [3.63, 3.8) is 0 Å². The molecule has 0 saturated heterocycles. The molecule has 0 spiro atoms. The number of amides is 6. The fourth-order valence-electron chi connectivity index (χ4n) is 2.89. The number of nitrogens with zero attached hydrogens (tertiary/aromatic N) is 2. The Morgan fingerprint density at radius 1 is 1.05 bits per heavy atom. The van der Waals surface area contributed by atoms with Crippen LogP contribution >= 0.6 is 0 Å². The van der Waals surface area contributed by atoms with Gasteiger partial charge in [-0.3, -0.25) is 9.59 Å². The zero-order chi connectivity index (χ0) is 15.5. The lowest BCUT2D eigenvalue weighted by molar-refractivity contribution is -0.118. The average molecular weight is 288 g/mol. The minimum atomic E-state index is -0.958. The maximum absolute atomic E-state index is 12.2. The van der Waals surface area contributed by atoms with Crippen molar-refractivity contribution in [3.8, 4) is 0 Å². The third-order valence-electron chi connectivity index (χ3n) is 3.85. The van der Waals surface area contributed by atoms with Gasteiger partial charge in [0.15, 0.2) is 0 Å². The topological polar surface area (TPSA) is 127 Å². The molecule has 0 radical (unpaired) electrons. The van der Waals surface area contributed by atoms with Crippen LogP contribution in [0.15, 0.2) is 6.07 Å². The quantitative estimate of drug-likeness (QED) is 0.692. The van der Waals surface area contributed by atoms with Crippen LogP contribution in [0.2, 0.25) is 0 Å². The molecule has 21 heavy (non-hydrogen) atoms. The van der Waals surface area contributed by atoms with Gasteiger partial charge in [0.1, 0.15) is 0 Å². The van der Waals surface area contributed by atoms with Crippen LogP contribution in [-0.4, -0.2) is 23.9 Å². The second-order valence-electron chi connectivity index (χ2n) is 5.00. The summed E-state index contributed by atoms with van der Waals surface area (Å²) in [5, 5.41) is 0. The lowest BCUT2D eigenvalue weighted by Crippen LogP contribution is -2.47. The number of imide groups is 2. The number of urea groups is 2. The van der Waals surface area contributed by atoms with E-state index in [0.29, 0.717) is 11.1 Å². The number of hydrogen-bond acceptors (Lipinski definition) is 4. The number of nitrogens with two attached hydrogens (primary N) is 2. The van der Waals surface area contributed by atoms with E-state index in [1.54, 1.807) is 6.92 Å². The van der Waals surface area contributed by atoms with E-state index in [1.807, 2.05) is 0 Å². The van der Waals surface area contributed by atoms with Gasteiger partial charge in [0.25, 0.3) is 0 Å². The molecule has 4 bridgehead atoms. The molecule has 6 amide bonds. The predicted octanol–water partition coefficient (Wildman–Crippen LogP) is -0.0694. The Hall–Kier alpha value is -2.90. The molecule has 3 aliphatic heterocycles. The van der Waals surface area contributed by atoms with Crippen molar-refractivity contribution in [3.05, 3.63) is 22.8 Å². The van der Waals surface area contributed by atoms with Crippen LogP contribution in [-0.2, 0) is 22.4 Å². The predicted molar refractivity (Wildman–Crippen MR) is 72.7 cm³/mol. The number of benzene rings is 1. The minimum absolute atomic E-state index is 0.0218. The summed E-state index contributed by atoms with van der Waals surface area (Å²) in [6, 6.07) is -0.370. The number of carbonyl (C=O) groups is 4. The number of fused-ring (bicyclic) bond motifs is 2. The third-order valence-corrected chi connectivity index (χ3v) is 3.85. The van der Waals surface area contributed by atoms with Gasteiger partial charge >= 0.3 is 12.1 Å².